The molecule has 0 bridgehead atoms. The molecule has 5 heteroatoms. The van der Waals surface area contributed by atoms with Crippen molar-refractivity contribution in [3.8, 4) is 0 Å². The van der Waals surface area contributed by atoms with Gasteiger partial charge in [-0.3, -0.25) is 9.36 Å². The molecule has 20 heavy (non-hydrogen) atoms. The maximum Gasteiger partial charge on any atom is 0.0597 e. The van der Waals surface area contributed by atoms with Gasteiger partial charge in [-0.15, -0.1) is 0 Å². The van der Waals surface area contributed by atoms with Crippen LogP contribution in [0.1, 0.15) is 42.7 Å². The monoisotopic (exact) mass is 275 g/mol. The number of nitrogens with one attached hydrogen (secondary N) is 1. The van der Waals surface area contributed by atoms with Crippen LogP contribution in [0.25, 0.3) is 0 Å². The van der Waals surface area contributed by atoms with E-state index >= 15 is 0 Å². The summed E-state index contributed by atoms with van der Waals surface area (Å²) in [4.78, 5) is 0. The van der Waals surface area contributed by atoms with Crippen molar-refractivity contribution in [3.63, 3.8) is 0 Å². The summed E-state index contributed by atoms with van der Waals surface area (Å²) in [5.41, 5.74) is 4.64. The molecule has 0 saturated carbocycles. The van der Waals surface area contributed by atoms with E-state index in [-0.39, 0.29) is 6.04 Å². The third kappa shape index (κ3) is 3.10. The van der Waals surface area contributed by atoms with Crippen molar-refractivity contribution in [2.75, 3.05) is 6.54 Å². The molecule has 1 atom stereocenters. The molecule has 0 aliphatic rings. The third-order valence-corrected chi connectivity index (χ3v) is 3.55. The number of hydrogen-bond acceptors (Lipinski definition) is 3. The summed E-state index contributed by atoms with van der Waals surface area (Å²) in [5, 5.41) is 12.6. The van der Waals surface area contributed by atoms with Gasteiger partial charge in [0.1, 0.15) is 0 Å². The minimum atomic E-state index is 0.274. The van der Waals surface area contributed by atoms with Crippen molar-refractivity contribution in [1.82, 2.24) is 24.9 Å². The summed E-state index contributed by atoms with van der Waals surface area (Å²) in [6.45, 7) is 10.2. The largest absolute Gasteiger partial charge is 0.309 e. The highest BCUT2D eigenvalue weighted by molar-refractivity contribution is 5.18. The highest BCUT2D eigenvalue weighted by atomic mass is 15.3. The fourth-order valence-electron chi connectivity index (χ4n) is 2.69. The summed E-state index contributed by atoms with van der Waals surface area (Å²) >= 11 is 0. The smallest absolute Gasteiger partial charge is 0.0597 e. The summed E-state index contributed by atoms with van der Waals surface area (Å²) in [6, 6.07) is 4.61. The van der Waals surface area contributed by atoms with Crippen LogP contribution in [0.3, 0.4) is 0 Å². The molecule has 2 heterocycles. The Morgan fingerprint density at radius 1 is 1.15 bits per heavy atom. The first-order valence-electron chi connectivity index (χ1n) is 7.32. The van der Waals surface area contributed by atoms with Crippen molar-refractivity contribution < 1.29 is 0 Å². The Balaban J connectivity index is 2.28. The molecule has 0 aliphatic heterocycles. The molecular formula is C15H25N5. The molecule has 110 valence electrons. The SMILES string of the molecule is CCNC(Cc1cc(C)nn1C)c1cc(C)nn1CC. The fraction of sp³-hybridized carbons (Fsp3) is 0.600. The van der Waals surface area contributed by atoms with E-state index in [9.17, 15) is 0 Å². The number of aryl methyl sites for hydroxylation is 4. The molecule has 0 amide bonds. The quantitative estimate of drug-likeness (QED) is 0.878. The summed E-state index contributed by atoms with van der Waals surface area (Å²) in [7, 11) is 2.01. The van der Waals surface area contributed by atoms with E-state index in [1.807, 2.05) is 25.6 Å². The number of nitrogens with zero attached hydrogens (tertiary/aromatic N) is 4. The average molecular weight is 275 g/mol. The van der Waals surface area contributed by atoms with Crippen LogP contribution >= 0.6 is 0 Å². The molecule has 0 radical (unpaired) electrons. The Labute approximate surface area is 121 Å². The van der Waals surface area contributed by atoms with Crippen molar-refractivity contribution >= 4 is 0 Å². The maximum absolute atomic E-state index is 4.56. The highest BCUT2D eigenvalue weighted by Gasteiger charge is 2.18. The minimum absolute atomic E-state index is 0.274. The molecule has 0 fully saturated rings. The molecule has 1 unspecified atom stereocenters. The maximum atomic E-state index is 4.56. The van der Waals surface area contributed by atoms with Gasteiger partial charge in [-0.1, -0.05) is 6.92 Å². The summed E-state index contributed by atoms with van der Waals surface area (Å²) in [5.74, 6) is 0. The van der Waals surface area contributed by atoms with Gasteiger partial charge in [0.15, 0.2) is 0 Å². The van der Waals surface area contributed by atoms with Crippen LogP contribution in [0.15, 0.2) is 12.1 Å². The molecule has 5 nitrogen and oxygen atoms in total. The summed E-state index contributed by atoms with van der Waals surface area (Å²) in [6.07, 6.45) is 0.927. The Morgan fingerprint density at radius 2 is 1.85 bits per heavy atom. The van der Waals surface area contributed by atoms with Gasteiger partial charge in [-0.2, -0.15) is 10.2 Å². The van der Waals surface area contributed by atoms with Gasteiger partial charge in [-0.05, 0) is 39.4 Å². The van der Waals surface area contributed by atoms with E-state index < -0.39 is 0 Å². The molecule has 0 aliphatic carbocycles. The first kappa shape index (κ1) is 14.8. The Morgan fingerprint density at radius 3 is 2.40 bits per heavy atom. The zero-order chi connectivity index (χ0) is 14.7. The molecule has 0 spiro atoms. The lowest BCUT2D eigenvalue weighted by atomic mass is 10.1. The second-order valence-corrected chi connectivity index (χ2v) is 5.24. The van der Waals surface area contributed by atoms with Crippen LogP contribution in [-0.2, 0) is 20.0 Å². The highest BCUT2D eigenvalue weighted by Crippen LogP contribution is 2.20. The number of rotatable bonds is 6. The fourth-order valence-corrected chi connectivity index (χ4v) is 2.69. The second-order valence-electron chi connectivity index (χ2n) is 5.24. The van der Waals surface area contributed by atoms with E-state index in [0.29, 0.717) is 0 Å². The Hall–Kier alpha value is -1.62. The van der Waals surface area contributed by atoms with Crippen molar-refractivity contribution in [2.45, 2.75) is 46.7 Å². The van der Waals surface area contributed by atoms with Crippen LogP contribution in [-0.4, -0.2) is 26.1 Å². The van der Waals surface area contributed by atoms with Crippen molar-refractivity contribution in [1.29, 1.82) is 0 Å². The molecule has 0 aromatic carbocycles. The zero-order valence-corrected chi connectivity index (χ0v) is 13.1. The lowest BCUT2D eigenvalue weighted by Crippen LogP contribution is -2.26. The van der Waals surface area contributed by atoms with E-state index in [1.165, 1.54) is 11.4 Å². The van der Waals surface area contributed by atoms with Crippen LogP contribution in [0.5, 0.6) is 0 Å². The van der Waals surface area contributed by atoms with Gasteiger partial charge in [0.2, 0.25) is 0 Å². The van der Waals surface area contributed by atoms with Crippen molar-refractivity contribution in [2.24, 2.45) is 7.05 Å². The van der Waals surface area contributed by atoms with E-state index in [2.05, 4.69) is 46.2 Å². The first-order valence-corrected chi connectivity index (χ1v) is 7.32. The van der Waals surface area contributed by atoms with E-state index in [4.69, 9.17) is 0 Å². The lowest BCUT2D eigenvalue weighted by Gasteiger charge is -2.19. The van der Waals surface area contributed by atoms with Crippen LogP contribution < -0.4 is 5.32 Å². The summed E-state index contributed by atoms with van der Waals surface area (Å²) < 4.78 is 4.06. The Bertz CT molecular complexity index is 567. The lowest BCUT2D eigenvalue weighted by molar-refractivity contribution is 0.478. The van der Waals surface area contributed by atoms with Gasteiger partial charge in [0, 0.05) is 25.7 Å². The van der Waals surface area contributed by atoms with Gasteiger partial charge < -0.3 is 5.32 Å². The predicted octanol–water partition coefficient (Wildman–Crippen LogP) is 2.15. The van der Waals surface area contributed by atoms with Crippen molar-refractivity contribution in [3.05, 3.63) is 34.9 Å². The van der Waals surface area contributed by atoms with Crippen LogP contribution in [0.2, 0.25) is 0 Å². The number of hydrogen-bond donors (Lipinski definition) is 1. The average Bonchev–Trinajstić information content (AvgIpc) is 2.91. The zero-order valence-electron chi connectivity index (χ0n) is 13.1. The Kier molecular flexibility index (Phi) is 4.60. The topological polar surface area (TPSA) is 47.7 Å². The molecular weight excluding hydrogens is 250 g/mol. The molecule has 2 rings (SSSR count). The number of likely N-dealkylation sites (N-methyl/N-ethyl adjacent to an activating group) is 1. The second kappa shape index (κ2) is 6.22. The number of aromatic nitrogens is 4. The standard InChI is InChI=1S/C15H25N5/c1-6-16-14(10-13-8-11(3)17-19(13)5)15-9-12(4)18-20(15)7-2/h8-9,14,16H,6-7,10H2,1-5H3. The van der Waals surface area contributed by atoms with E-state index in [1.54, 1.807) is 0 Å². The van der Waals surface area contributed by atoms with Gasteiger partial charge >= 0.3 is 0 Å². The van der Waals surface area contributed by atoms with Gasteiger partial charge in [0.05, 0.1) is 23.1 Å². The normalized spacial score (nSPS) is 12.8. The van der Waals surface area contributed by atoms with Crippen LogP contribution in [0.4, 0.5) is 0 Å². The molecule has 1 N–H and O–H groups in total. The third-order valence-electron chi connectivity index (χ3n) is 3.55. The van der Waals surface area contributed by atoms with Gasteiger partial charge in [-0.25, -0.2) is 0 Å². The molecule has 2 aromatic heterocycles. The van der Waals surface area contributed by atoms with Crippen LogP contribution in [0, 0.1) is 13.8 Å². The molecule has 0 saturated heterocycles. The minimum Gasteiger partial charge on any atom is -0.309 e. The van der Waals surface area contributed by atoms with Gasteiger partial charge in [0.25, 0.3) is 0 Å². The first-order chi connectivity index (χ1) is 9.55. The predicted molar refractivity (Wildman–Crippen MR) is 80.7 cm³/mol. The molecule has 2 aromatic rings. The van der Waals surface area contributed by atoms with E-state index in [0.717, 1.165) is 30.9 Å².